The average Bonchev–Trinajstić information content (AvgIpc) is 2.83. The van der Waals surface area contributed by atoms with Crippen molar-refractivity contribution in [1.82, 2.24) is 0 Å². The van der Waals surface area contributed by atoms with Crippen LogP contribution in [0, 0.1) is 34.0 Å². The van der Waals surface area contributed by atoms with Crippen LogP contribution >= 0.6 is 0 Å². The summed E-state index contributed by atoms with van der Waals surface area (Å²) in [5.41, 5.74) is -1.55. The molecular formula is C24H36O7. The molecule has 0 heterocycles. The molecule has 0 aromatic rings. The minimum absolute atomic E-state index is 0.0837. The highest BCUT2D eigenvalue weighted by molar-refractivity contribution is 5.68. The van der Waals surface area contributed by atoms with Crippen LogP contribution in [0.3, 0.4) is 0 Å². The number of aliphatic hydroxyl groups is 3. The molecule has 7 nitrogen and oxygen atoms in total. The number of ether oxygens (including phenoxy) is 2. The van der Waals surface area contributed by atoms with Gasteiger partial charge in [-0.1, -0.05) is 27.4 Å². The van der Waals surface area contributed by atoms with Gasteiger partial charge < -0.3 is 24.8 Å². The maximum absolute atomic E-state index is 12.2. The predicted octanol–water partition coefficient (Wildman–Crippen LogP) is 1.97. The first-order valence-corrected chi connectivity index (χ1v) is 11.4. The van der Waals surface area contributed by atoms with E-state index in [0.717, 1.165) is 0 Å². The Morgan fingerprint density at radius 2 is 1.65 bits per heavy atom. The third-order valence-corrected chi connectivity index (χ3v) is 9.26. The molecule has 4 rings (SSSR count). The monoisotopic (exact) mass is 436 g/mol. The van der Waals surface area contributed by atoms with Gasteiger partial charge in [-0.25, -0.2) is 0 Å². The third-order valence-electron chi connectivity index (χ3n) is 9.26. The Balaban J connectivity index is 1.99. The highest BCUT2D eigenvalue weighted by Crippen LogP contribution is 2.72. The molecular weight excluding hydrogens is 400 g/mol. The largest absolute Gasteiger partial charge is 0.458 e. The van der Waals surface area contributed by atoms with Crippen molar-refractivity contribution >= 4 is 11.9 Å². The molecule has 2 bridgehead atoms. The Hall–Kier alpha value is -1.44. The molecule has 174 valence electrons. The van der Waals surface area contributed by atoms with E-state index in [1.807, 2.05) is 13.8 Å². The predicted molar refractivity (Wildman–Crippen MR) is 112 cm³/mol. The lowest BCUT2D eigenvalue weighted by molar-refractivity contribution is -0.302. The second-order valence-electron chi connectivity index (χ2n) is 11.2. The molecule has 10 atom stereocenters. The second-order valence-corrected chi connectivity index (χ2v) is 11.2. The SMILES string of the molecule is C=C1[C@@H]2C[C@H](O)[C@H]3[C@]4(C)CC[C@H](O)C(C)(C)[C@H]4[C@@H](OC(C)=O)[C@H](OC(C)=O)[C@]3(C2)[C@@H]1O. The second kappa shape index (κ2) is 7.03. The minimum atomic E-state index is -0.991. The molecule has 3 N–H and O–H groups in total. The molecule has 4 aliphatic rings. The zero-order valence-electron chi connectivity index (χ0n) is 19.1. The van der Waals surface area contributed by atoms with Gasteiger partial charge in [-0.05, 0) is 48.0 Å². The van der Waals surface area contributed by atoms with E-state index in [-0.39, 0.29) is 11.8 Å². The Bertz CT molecular complexity index is 806. The molecule has 0 unspecified atom stereocenters. The number of aliphatic hydroxyl groups excluding tert-OH is 3. The molecule has 7 heteroatoms. The lowest BCUT2D eigenvalue weighted by Gasteiger charge is -2.68. The Morgan fingerprint density at radius 3 is 2.23 bits per heavy atom. The fourth-order valence-corrected chi connectivity index (χ4v) is 8.40. The first-order valence-electron chi connectivity index (χ1n) is 11.4. The smallest absolute Gasteiger partial charge is 0.303 e. The lowest BCUT2D eigenvalue weighted by Crippen LogP contribution is -2.74. The van der Waals surface area contributed by atoms with Crippen LogP contribution in [0.15, 0.2) is 12.2 Å². The van der Waals surface area contributed by atoms with Gasteiger partial charge in [-0.3, -0.25) is 9.59 Å². The van der Waals surface area contributed by atoms with Gasteiger partial charge in [-0.15, -0.1) is 0 Å². The summed E-state index contributed by atoms with van der Waals surface area (Å²) in [4.78, 5) is 24.5. The third kappa shape index (κ3) is 2.89. The number of hydrogen-bond acceptors (Lipinski definition) is 7. The summed E-state index contributed by atoms with van der Waals surface area (Å²) in [5.74, 6) is -1.89. The van der Waals surface area contributed by atoms with E-state index >= 15 is 0 Å². The number of fused-ring (bicyclic) bond motifs is 3. The number of carbonyl (C=O) groups is 2. The molecule has 4 fully saturated rings. The van der Waals surface area contributed by atoms with Crippen molar-refractivity contribution in [3.8, 4) is 0 Å². The summed E-state index contributed by atoms with van der Waals surface area (Å²) in [6.45, 7) is 12.7. The van der Waals surface area contributed by atoms with Crippen LogP contribution in [0.4, 0.5) is 0 Å². The summed E-state index contributed by atoms with van der Waals surface area (Å²) in [6, 6.07) is 0. The molecule has 0 aromatic heterocycles. The van der Waals surface area contributed by atoms with Gasteiger partial charge in [0.1, 0.15) is 12.2 Å². The molecule has 0 saturated heterocycles. The van der Waals surface area contributed by atoms with E-state index in [0.29, 0.717) is 31.3 Å². The fraction of sp³-hybridized carbons (Fsp3) is 0.833. The average molecular weight is 437 g/mol. The van der Waals surface area contributed by atoms with Crippen molar-refractivity contribution in [3.63, 3.8) is 0 Å². The van der Waals surface area contributed by atoms with E-state index in [2.05, 4.69) is 13.5 Å². The van der Waals surface area contributed by atoms with Crippen molar-refractivity contribution in [2.24, 2.45) is 34.0 Å². The molecule has 0 amide bonds. The van der Waals surface area contributed by atoms with Crippen molar-refractivity contribution in [1.29, 1.82) is 0 Å². The topological polar surface area (TPSA) is 113 Å². The summed E-state index contributed by atoms with van der Waals surface area (Å²) in [7, 11) is 0. The summed E-state index contributed by atoms with van der Waals surface area (Å²) < 4.78 is 11.8. The lowest BCUT2D eigenvalue weighted by atomic mass is 9.38. The van der Waals surface area contributed by atoms with Crippen molar-refractivity contribution in [2.45, 2.75) is 90.8 Å². The van der Waals surface area contributed by atoms with E-state index in [1.165, 1.54) is 13.8 Å². The van der Waals surface area contributed by atoms with Crippen molar-refractivity contribution in [3.05, 3.63) is 12.2 Å². The normalized spacial score (nSPS) is 50.3. The number of hydrogen-bond donors (Lipinski definition) is 3. The van der Waals surface area contributed by atoms with Gasteiger partial charge in [-0.2, -0.15) is 0 Å². The first-order chi connectivity index (χ1) is 14.3. The molecule has 1 spiro atoms. The Kier molecular flexibility index (Phi) is 5.16. The molecule has 4 aliphatic carbocycles. The summed E-state index contributed by atoms with van der Waals surface area (Å²) >= 11 is 0. The molecule has 0 aliphatic heterocycles. The quantitative estimate of drug-likeness (QED) is 0.448. The number of carbonyl (C=O) groups excluding carboxylic acids is 2. The van der Waals surface area contributed by atoms with Gasteiger partial charge in [0.15, 0.2) is 0 Å². The van der Waals surface area contributed by atoms with E-state index < -0.39 is 64.6 Å². The summed E-state index contributed by atoms with van der Waals surface area (Å²) in [6.07, 6.45) is -1.93. The standard InChI is InChI=1S/C24H36O7/c1-11-14-9-15(27)18-23(6)8-7-16(28)22(4,5)19(23)17(30-12(2)25)21(31-13(3)26)24(18,10-14)20(11)29/h14-21,27-29H,1,7-10H2,2-6H3/t14-,15+,16+,17-,18+,19-,20-,21+,23+,24+/m1/s1. The molecule has 4 saturated carbocycles. The molecule has 31 heavy (non-hydrogen) atoms. The number of esters is 2. The fourth-order valence-electron chi connectivity index (χ4n) is 8.40. The van der Waals surface area contributed by atoms with Crippen LogP contribution in [0.1, 0.15) is 60.3 Å². The zero-order valence-corrected chi connectivity index (χ0v) is 19.1. The summed E-state index contributed by atoms with van der Waals surface area (Å²) in [5, 5.41) is 33.8. The van der Waals surface area contributed by atoms with Gasteiger partial charge in [0.05, 0.1) is 18.3 Å². The Labute approximate surface area is 183 Å². The van der Waals surface area contributed by atoms with Crippen LogP contribution in [0.2, 0.25) is 0 Å². The molecule has 0 radical (unpaired) electrons. The van der Waals surface area contributed by atoms with Gasteiger partial charge in [0.25, 0.3) is 0 Å². The van der Waals surface area contributed by atoms with E-state index in [4.69, 9.17) is 9.47 Å². The van der Waals surface area contributed by atoms with Crippen LogP contribution < -0.4 is 0 Å². The van der Waals surface area contributed by atoms with Crippen molar-refractivity contribution < 1.29 is 34.4 Å². The zero-order chi connectivity index (χ0) is 23.1. The highest BCUT2D eigenvalue weighted by atomic mass is 16.6. The first kappa shape index (κ1) is 22.7. The van der Waals surface area contributed by atoms with E-state index in [1.54, 1.807) is 0 Å². The van der Waals surface area contributed by atoms with Gasteiger partial charge in [0, 0.05) is 31.1 Å². The van der Waals surface area contributed by atoms with Gasteiger partial charge >= 0.3 is 11.9 Å². The number of rotatable bonds is 2. The minimum Gasteiger partial charge on any atom is -0.458 e. The molecule has 0 aromatic carbocycles. The highest BCUT2D eigenvalue weighted by Gasteiger charge is 2.77. The van der Waals surface area contributed by atoms with Crippen molar-refractivity contribution in [2.75, 3.05) is 0 Å². The van der Waals surface area contributed by atoms with E-state index in [9.17, 15) is 24.9 Å². The maximum atomic E-state index is 12.2. The van der Waals surface area contributed by atoms with Crippen LogP contribution in [-0.4, -0.2) is 57.8 Å². The van der Waals surface area contributed by atoms with Crippen LogP contribution in [-0.2, 0) is 19.1 Å². The van der Waals surface area contributed by atoms with Crippen LogP contribution in [0.5, 0.6) is 0 Å². The maximum Gasteiger partial charge on any atom is 0.303 e. The van der Waals surface area contributed by atoms with Gasteiger partial charge in [0.2, 0.25) is 0 Å². The Morgan fingerprint density at radius 1 is 1.03 bits per heavy atom. The van der Waals surface area contributed by atoms with Crippen LogP contribution in [0.25, 0.3) is 0 Å².